The minimum atomic E-state index is -4.17. The normalized spacial score (nSPS) is 25.2. The van der Waals surface area contributed by atoms with Gasteiger partial charge < -0.3 is 5.32 Å². The van der Waals surface area contributed by atoms with Gasteiger partial charge >= 0.3 is 6.18 Å². The Morgan fingerprint density at radius 3 is 2.65 bits per heavy atom. The molecule has 118 valence electrons. The maximum absolute atomic E-state index is 12.7. The molecule has 1 fully saturated rings. The first-order valence-corrected chi connectivity index (χ1v) is 8.41. The predicted octanol–water partition coefficient (Wildman–Crippen LogP) is 4.28. The van der Waals surface area contributed by atoms with Crippen LogP contribution in [0.2, 0.25) is 0 Å². The minimum Gasteiger partial charge on any atom is -0.356 e. The van der Waals surface area contributed by atoms with Crippen LogP contribution in [0.3, 0.4) is 0 Å². The molecule has 2 nitrogen and oxygen atoms in total. The van der Waals surface area contributed by atoms with E-state index >= 15 is 0 Å². The van der Waals surface area contributed by atoms with Crippen LogP contribution in [0.5, 0.6) is 0 Å². The molecule has 1 aliphatic rings. The van der Waals surface area contributed by atoms with Crippen molar-refractivity contribution in [1.29, 1.82) is 0 Å². The van der Waals surface area contributed by atoms with Gasteiger partial charge in [-0.3, -0.25) is 4.79 Å². The Balaban J connectivity index is 2.43. The fourth-order valence-corrected chi connectivity index (χ4v) is 3.37. The second-order valence-corrected chi connectivity index (χ2v) is 6.39. The lowest BCUT2D eigenvalue weighted by Crippen LogP contribution is -2.39. The third-order valence-corrected chi connectivity index (χ3v) is 4.63. The summed E-state index contributed by atoms with van der Waals surface area (Å²) in [5.41, 5.74) is 0. The molecule has 1 aliphatic carbocycles. The van der Waals surface area contributed by atoms with Crippen molar-refractivity contribution in [2.45, 2.75) is 51.6 Å². The van der Waals surface area contributed by atoms with E-state index in [9.17, 15) is 18.0 Å². The van der Waals surface area contributed by atoms with Crippen LogP contribution in [0, 0.1) is 17.8 Å². The molecule has 0 heterocycles. The lowest BCUT2D eigenvalue weighted by Gasteiger charge is -2.30. The largest absolute Gasteiger partial charge is 0.391 e. The van der Waals surface area contributed by atoms with Crippen molar-refractivity contribution in [1.82, 2.24) is 5.32 Å². The summed E-state index contributed by atoms with van der Waals surface area (Å²) in [6.07, 6.45) is -1.07. The number of carbonyl (C=O) groups excluding carboxylic acids is 1. The molecule has 3 unspecified atom stereocenters. The Hall–Kier alpha value is -0.260. The van der Waals surface area contributed by atoms with Gasteiger partial charge in [0, 0.05) is 17.8 Å². The molecule has 0 aliphatic heterocycles. The van der Waals surface area contributed by atoms with E-state index in [-0.39, 0.29) is 18.7 Å². The molecular weight excluding hydrogens is 335 g/mol. The van der Waals surface area contributed by atoms with E-state index in [4.69, 9.17) is 0 Å². The number of hydrogen-bond acceptors (Lipinski definition) is 1. The standard InChI is InChI=1S/C14H23BrF3NO/c1-2-10(6-7-15)9-19-13(20)11-4-3-5-12(8-11)14(16,17)18/h10-12H,2-9H2,1H3,(H,19,20). The Bertz CT molecular complexity index is 309. The van der Waals surface area contributed by atoms with Gasteiger partial charge in [-0.25, -0.2) is 0 Å². The topological polar surface area (TPSA) is 29.1 Å². The molecule has 1 saturated carbocycles. The fraction of sp³-hybridized carbons (Fsp3) is 0.929. The van der Waals surface area contributed by atoms with E-state index in [0.29, 0.717) is 25.3 Å². The van der Waals surface area contributed by atoms with Gasteiger partial charge in [-0.1, -0.05) is 35.7 Å². The summed E-state index contributed by atoms with van der Waals surface area (Å²) in [5, 5.41) is 3.71. The molecule has 6 heteroatoms. The Morgan fingerprint density at radius 2 is 2.10 bits per heavy atom. The molecule has 20 heavy (non-hydrogen) atoms. The smallest absolute Gasteiger partial charge is 0.356 e. The molecule has 0 aromatic heterocycles. The highest BCUT2D eigenvalue weighted by atomic mass is 79.9. The third kappa shape index (κ3) is 5.62. The van der Waals surface area contributed by atoms with Gasteiger partial charge in [-0.15, -0.1) is 0 Å². The highest BCUT2D eigenvalue weighted by molar-refractivity contribution is 9.09. The van der Waals surface area contributed by atoms with Gasteiger partial charge in [0.05, 0.1) is 5.92 Å². The Kier molecular flexibility index (Phi) is 7.34. The van der Waals surface area contributed by atoms with Crippen LogP contribution in [0.4, 0.5) is 13.2 Å². The number of amides is 1. The van der Waals surface area contributed by atoms with Crippen molar-refractivity contribution < 1.29 is 18.0 Å². The van der Waals surface area contributed by atoms with Crippen LogP contribution >= 0.6 is 15.9 Å². The molecule has 0 aromatic rings. The van der Waals surface area contributed by atoms with E-state index in [1.54, 1.807) is 0 Å². The van der Waals surface area contributed by atoms with Gasteiger partial charge in [0.25, 0.3) is 0 Å². The minimum absolute atomic E-state index is 0.0510. The monoisotopic (exact) mass is 357 g/mol. The van der Waals surface area contributed by atoms with Gasteiger partial charge in [-0.05, 0) is 31.6 Å². The van der Waals surface area contributed by atoms with Crippen LogP contribution in [0.25, 0.3) is 0 Å². The summed E-state index contributed by atoms with van der Waals surface area (Å²) < 4.78 is 38.1. The van der Waals surface area contributed by atoms with Crippen LogP contribution in [0.15, 0.2) is 0 Å². The van der Waals surface area contributed by atoms with Gasteiger partial charge in [0.1, 0.15) is 0 Å². The molecule has 0 radical (unpaired) electrons. The van der Waals surface area contributed by atoms with E-state index in [1.807, 2.05) is 0 Å². The SMILES string of the molecule is CCC(CCBr)CNC(=O)C1CCCC(C(F)(F)F)C1. The van der Waals surface area contributed by atoms with Gasteiger partial charge in [0.15, 0.2) is 0 Å². The van der Waals surface area contributed by atoms with Crippen LogP contribution < -0.4 is 5.32 Å². The summed E-state index contributed by atoms with van der Waals surface area (Å²) in [5.74, 6) is -1.60. The van der Waals surface area contributed by atoms with Gasteiger partial charge in [0.2, 0.25) is 5.91 Å². The summed E-state index contributed by atoms with van der Waals surface area (Å²) in [4.78, 5) is 12.0. The van der Waals surface area contributed by atoms with Crippen LogP contribution in [0.1, 0.15) is 45.4 Å². The highest BCUT2D eigenvalue weighted by Gasteiger charge is 2.43. The van der Waals surface area contributed by atoms with Crippen molar-refractivity contribution >= 4 is 21.8 Å². The Morgan fingerprint density at radius 1 is 1.40 bits per heavy atom. The molecule has 1 N–H and O–H groups in total. The summed E-state index contributed by atoms with van der Waals surface area (Å²) in [6.45, 7) is 2.62. The fourth-order valence-electron chi connectivity index (χ4n) is 2.72. The van der Waals surface area contributed by atoms with E-state index in [0.717, 1.165) is 18.2 Å². The lowest BCUT2D eigenvalue weighted by atomic mass is 9.80. The number of rotatable bonds is 6. The van der Waals surface area contributed by atoms with Crippen LogP contribution in [-0.2, 0) is 4.79 Å². The number of alkyl halides is 4. The maximum Gasteiger partial charge on any atom is 0.391 e. The second kappa shape index (κ2) is 8.25. The average Bonchev–Trinajstić information content (AvgIpc) is 2.42. The van der Waals surface area contributed by atoms with Crippen molar-refractivity contribution in [3.63, 3.8) is 0 Å². The first-order valence-electron chi connectivity index (χ1n) is 7.28. The van der Waals surface area contributed by atoms with E-state index in [2.05, 4.69) is 28.2 Å². The number of hydrogen-bond donors (Lipinski definition) is 1. The van der Waals surface area contributed by atoms with Crippen molar-refractivity contribution in [3.8, 4) is 0 Å². The molecule has 3 atom stereocenters. The zero-order valence-electron chi connectivity index (χ0n) is 11.8. The first-order chi connectivity index (χ1) is 9.38. The summed E-state index contributed by atoms with van der Waals surface area (Å²) in [6, 6.07) is 0. The van der Waals surface area contributed by atoms with E-state index in [1.165, 1.54) is 0 Å². The molecule has 1 amide bonds. The van der Waals surface area contributed by atoms with Crippen molar-refractivity contribution in [2.24, 2.45) is 17.8 Å². The van der Waals surface area contributed by atoms with Crippen molar-refractivity contribution in [2.75, 3.05) is 11.9 Å². The number of halogens is 4. The predicted molar refractivity (Wildman–Crippen MR) is 76.7 cm³/mol. The quantitative estimate of drug-likeness (QED) is 0.706. The summed E-state index contributed by atoms with van der Waals surface area (Å²) in [7, 11) is 0. The molecular formula is C14H23BrF3NO. The zero-order chi connectivity index (χ0) is 15.2. The second-order valence-electron chi connectivity index (χ2n) is 5.60. The highest BCUT2D eigenvalue weighted by Crippen LogP contribution is 2.39. The summed E-state index contributed by atoms with van der Waals surface area (Å²) >= 11 is 3.37. The first kappa shape index (κ1) is 17.8. The molecule has 0 spiro atoms. The van der Waals surface area contributed by atoms with Gasteiger partial charge in [-0.2, -0.15) is 13.2 Å². The average molecular weight is 358 g/mol. The lowest BCUT2D eigenvalue weighted by molar-refractivity contribution is -0.186. The van der Waals surface area contributed by atoms with E-state index < -0.39 is 18.0 Å². The Labute approximate surface area is 127 Å². The molecule has 1 rings (SSSR count). The number of nitrogens with one attached hydrogen (secondary N) is 1. The number of carbonyl (C=O) groups is 1. The maximum atomic E-state index is 12.7. The van der Waals surface area contributed by atoms with Crippen LogP contribution in [-0.4, -0.2) is 24.0 Å². The molecule has 0 aromatic carbocycles. The molecule has 0 bridgehead atoms. The third-order valence-electron chi connectivity index (χ3n) is 4.17. The zero-order valence-corrected chi connectivity index (χ0v) is 13.4. The van der Waals surface area contributed by atoms with Crippen molar-refractivity contribution in [3.05, 3.63) is 0 Å². The molecule has 0 saturated heterocycles.